The van der Waals surface area contributed by atoms with Gasteiger partial charge in [0.15, 0.2) is 0 Å². The summed E-state index contributed by atoms with van der Waals surface area (Å²) in [6.07, 6.45) is 0. The second-order valence-corrected chi connectivity index (χ2v) is 7.72. The second kappa shape index (κ2) is 9.50. The molecule has 0 amide bonds. The monoisotopic (exact) mass is 452 g/mol. The maximum Gasteiger partial charge on any atom is 0.337 e. The summed E-state index contributed by atoms with van der Waals surface area (Å²) in [5.74, 6) is -0.877. The molecule has 0 atom stereocenters. The van der Waals surface area contributed by atoms with Crippen LogP contribution in [0.2, 0.25) is 0 Å². The molecule has 4 N–H and O–H groups in total. The van der Waals surface area contributed by atoms with Crippen molar-refractivity contribution in [1.29, 1.82) is 0 Å². The quantitative estimate of drug-likeness (QED) is 0.309. The largest absolute Gasteiger partial charge is 0.465 e. The summed E-state index contributed by atoms with van der Waals surface area (Å²) >= 11 is 0. The highest BCUT2D eigenvalue weighted by Crippen LogP contribution is 2.43. The fraction of sp³-hybridized carbons (Fsp3) is 0.0714. The predicted molar refractivity (Wildman–Crippen MR) is 134 cm³/mol. The van der Waals surface area contributed by atoms with Crippen molar-refractivity contribution >= 4 is 23.3 Å². The van der Waals surface area contributed by atoms with E-state index in [0.29, 0.717) is 22.5 Å². The Morgan fingerprint density at radius 3 is 1.68 bits per heavy atom. The van der Waals surface area contributed by atoms with Gasteiger partial charge >= 0.3 is 11.9 Å². The summed E-state index contributed by atoms with van der Waals surface area (Å²) in [5, 5.41) is 0. The molecule has 0 saturated heterocycles. The molecule has 0 unspecified atom stereocenters. The highest BCUT2D eigenvalue weighted by atomic mass is 16.5. The van der Waals surface area contributed by atoms with Crippen molar-refractivity contribution in [3.05, 3.63) is 96.1 Å². The summed E-state index contributed by atoms with van der Waals surface area (Å²) in [4.78, 5) is 24.4. The van der Waals surface area contributed by atoms with E-state index in [4.69, 9.17) is 20.9 Å². The Morgan fingerprint density at radius 2 is 1.15 bits per heavy atom. The van der Waals surface area contributed by atoms with E-state index in [2.05, 4.69) is 0 Å². The molecule has 0 radical (unpaired) electrons. The minimum absolute atomic E-state index is 0.409. The summed E-state index contributed by atoms with van der Waals surface area (Å²) in [5.41, 5.74) is 19.3. The van der Waals surface area contributed by atoms with Crippen molar-refractivity contribution in [3.8, 4) is 33.4 Å². The van der Waals surface area contributed by atoms with Gasteiger partial charge in [0.05, 0.1) is 25.3 Å². The number of carbonyl (C=O) groups excluding carboxylic acids is 2. The fourth-order valence-electron chi connectivity index (χ4n) is 3.97. The van der Waals surface area contributed by atoms with Gasteiger partial charge in [-0.15, -0.1) is 0 Å². The predicted octanol–water partition coefficient (Wildman–Crippen LogP) is 5.43. The van der Waals surface area contributed by atoms with Crippen LogP contribution in [0.15, 0.2) is 84.9 Å². The zero-order valence-electron chi connectivity index (χ0n) is 18.9. The molecular formula is C28H24N2O4. The first-order chi connectivity index (χ1) is 16.4. The highest BCUT2D eigenvalue weighted by Gasteiger charge is 2.19. The molecule has 34 heavy (non-hydrogen) atoms. The number of nitrogens with two attached hydrogens (primary N) is 2. The minimum Gasteiger partial charge on any atom is -0.465 e. The Kier molecular flexibility index (Phi) is 6.32. The number of anilines is 2. The van der Waals surface area contributed by atoms with Crippen molar-refractivity contribution in [2.75, 3.05) is 25.7 Å². The standard InChI is InChI=1S/C28H24N2O4/c1-33-27(31)20-7-3-5-18(15-20)25-23(17-9-11-22(29)12-10-17)13-14-24(30)26(25)19-6-4-8-21(16-19)28(32)34-2/h3-16H,29-30H2,1-2H3. The normalized spacial score (nSPS) is 10.5. The van der Waals surface area contributed by atoms with E-state index in [9.17, 15) is 9.59 Å². The Morgan fingerprint density at radius 1 is 0.618 bits per heavy atom. The van der Waals surface area contributed by atoms with Crippen molar-refractivity contribution in [2.24, 2.45) is 0 Å². The molecule has 4 aromatic rings. The summed E-state index contributed by atoms with van der Waals surface area (Å²) in [6, 6.07) is 25.6. The first-order valence-corrected chi connectivity index (χ1v) is 10.6. The summed E-state index contributed by atoms with van der Waals surface area (Å²) in [6.45, 7) is 0. The van der Waals surface area contributed by atoms with Crippen LogP contribution in [0.5, 0.6) is 0 Å². The van der Waals surface area contributed by atoms with Crippen molar-refractivity contribution in [2.45, 2.75) is 0 Å². The smallest absolute Gasteiger partial charge is 0.337 e. The van der Waals surface area contributed by atoms with Gasteiger partial charge in [-0.2, -0.15) is 0 Å². The topological polar surface area (TPSA) is 105 Å². The molecule has 0 bridgehead atoms. The van der Waals surface area contributed by atoms with Crippen LogP contribution >= 0.6 is 0 Å². The Hall–Kier alpha value is -4.58. The van der Waals surface area contributed by atoms with Crippen LogP contribution in [0, 0.1) is 0 Å². The van der Waals surface area contributed by atoms with Gasteiger partial charge in [-0.3, -0.25) is 0 Å². The average Bonchev–Trinajstić information content (AvgIpc) is 2.88. The van der Waals surface area contributed by atoms with Gasteiger partial charge in [0.25, 0.3) is 0 Å². The van der Waals surface area contributed by atoms with Gasteiger partial charge in [-0.25, -0.2) is 9.59 Å². The third-order valence-electron chi connectivity index (χ3n) is 5.60. The van der Waals surface area contributed by atoms with E-state index in [0.717, 1.165) is 33.4 Å². The molecule has 0 aromatic heterocycles. The lowest BCUT2D eigenvalue weighted by molar-refractivity contribution is 0.0592. The van der Waals surface area contributed by atoms with Crippen LogP contribution in [0.4, 0.5) is 11.4 Å². The zero-order valence-corrected chi connectivity index (χ0v) is 18.9. The Balaban J connectivity index is 2.04. The first kappa shape index (κ1) is 22.6. The number of hydrogen-bond acceptors (Lipinski definition) is 6. The fourth-order valence-corrected chi connectivity index (χ4v) is 3.97. The van der Waals surface area contributed by atoms with Gasteiger partial charge in [0.2, 0.25) is 0 Å². The van der Waals surface area contributed by atoms with Gasteiger partial charge in [0, 0.05) is 16.9 Å². The van der Waals surface area contributed by atoms with Gasteiger partial charge in [0.1, 0.15) is 0 Å². The van der Waals surface area contributed by atoms with Crippen LogP contribution in [-0.2, 0) is 9.47 Å². The lowest BCUT2D eigenvalue weighted by Gasteiger charge is -2.19. The van der Waals surface area contributed by atoms with Crippen molar-refractivity contribution in [3.63, 3.8) is 0 Å². The molecule has 0 aliphatic rings. The van der Waals surface area contributed by atoms with Crippen molar-refractivity contribution < 1.29 is 19.1 Å². The van der Waals surface area contributed by atoms with Crippen LogP contribution in [0.1, 0.15) is 20.7 Å². The lowest BCUT2D eigenvalue weighted by atomic mass is 9.85. The van der Waals surface area contributed by atoms with Crippen LogP contribution in [0.3, 0.4) is 0 Å². The number of carbonyl (C=O) groups is 2. The second-order valence-electron chi connectivity index (χ2n) is 7.72. The van der Waals surface area contributed by atoms with E-state index in [-0.39, 0.29) is 0 Å². The van der Waals surface area contributed by atoms with E-state index in [1.807, 2.05) is 48.5 Å². The van der Waals surface area contributed by atoms with Crippen LogP contribution in [0.25, 0.3) is 33.4 Å². The highest BCUT2D eigenvalue weighted by molar-refractivity contribution is 6.02. The molecule has 0 heterocycles. The lowest BCUT2D eigenvalue weighted by Crippen LogP contribution is -2.03. The maximum atomic E-state index is 12.3. The summed E-state index contributed by atoms with van der Waals surface area (Å²) in [7, 11) is 2.69. The molecule has 170 valence electrons. The van der Waals surface area contributed by atoms with Crippen LogP contribution in [-0.4, -0.2) is 26.2 Å². The minimum atomic E-state index is -0.440. The summed E-state index contributed by atoms with van der Waals surface area (Å²) < 4.78 is 9.82. The maximum absolute atomic E-state index is 12.3. The van der Waals surface area contributed by atoms with Crippen molar-refractivity contribution in [1.82, 2.24) is 0 Å². The zero-order chi connectivity index (χ0) is 24.2. The third-order valence-corrected chi connectivity index (χ3v) is 5.60. The number of rotatable bonds is 5. The molecule has 6 heteroatoms. The van der Waals surface area contributed by atoms with Gasteiger partial charge in [-0.1, -0.05) is 42.5 Å². The molecule has 6 nitrogen and oxygen atoms in total. The van der Waals surface area contributed by atoms with E-state index in [1.165, 1.54) is 14.2 Å². The van der Waals surface area contributed by atoms with Crippen LogP contribution < -0.4 is 11.5 Å². The third kappa shape index (κ3) is 4.34. The average molecular weight is 453 g/mol. The first-order valence-electron chi connectivity index (χ1n) is 10.6. The molecule has 0 fully saturated rings. The molecule has 4 rings (SSSR count). The molecule has 0 spiro atoms. The number of benzene rings is 4. The number of ether oxygens (including phenoxy) is 2. The Bertz CT molecular complexity index is 1380. The van der Waals surface area contributed by atoms with Gasteiger partial charge < -0.3 is 20.9 Å². The molecule has 4 aromatic carbocycles. The molecule has 0 aliphatic heterocycles. The molecular weight excluding hydrogens is 428 g/mol. The molecule has 0 saturated carbocycles. The number of nitrogen functional groups attached to an aromatic ring is 2. The van der Waals surface area contributed by atoms with E-state index < -0.39 is 11.9 Å². The van der Waals surface area contributed by atoms with E-state index >= 15 is 0 Å². The van der Waals surface area contributed by atoms with Gasteiger partial charge in [-0.05, 0) is 70.3 Å². The number of esters is 2. The van der Waals surface area contributed by atoms with E-state index in [1.54, 1.807) is 36.4 Å². The molecule has 0 aliphatic carbocycles. The SMILES string of the molecule is COC(=O)c1cccc(-c2c(N)ccc(-c3ccc(N)cc3)c2-c2cccc(C(=O)OC)c2)c1. The Labute approximate surface area is 197 Å². The number of hydrogen-bond donors (Lipinski definition) is 2. The number of methoxy groups -OCH3 is 2.